The zero-order valence-electron chi connectivity index (χ0n) is 9.99. The minimum absolute atomic E-state index is 0.000139. The first-order valence-corrected chi connectivity index (χ1v) is 4.94. The molecule has 5 nitrogen and oxygen atoms in total. The Morgan fingerprint density at radius 1 is 1.44 bits per heavy atom. The predicted octanol–water partition coefficient (Wildman–Crippen LogP) is 2.80. The van der Waals surface area contributed by atoms with E-state index in [-0.39, 0.29) is 11.1 Å². The molecule has 0 aliphatic rings. The Hall–Kier alpha value is -2.05. The molecule has 0 N–H and O–H groups in total. The van der Waals surface area contributed by atoms with Gasteiger partial charge in [0.25, 0.3) is 11.6 Å². The van der Waals surface area contributed by atoms with Crippen LogP contribution in [0.15, 0.2) is 12.1 Å². The maximum Gasteiger partial charge on any atom is 0.338 e. The summed E-state index contributed by atoms with van der Waals surface area (Å²) in [4.78, 5) is 21.4. The van der Waals surface area contributed by atoms with E-state index >= 15 is 0 Å². The van der Waals surface area contributed by atoms with Crippen LogP contribution >= 0.6 is 0 Å². The molecule has 98 valence electrons. The number of benzene rings is 1. The second kappa shape index (κ2) is 4.67. The number of methoxy groups -OCH3 is 1. The summed E-state index contributed by atoms with van der Waals surface area (Å²) in [6.07, 6.45) is 0. The smallest absolute Gasteiger partial charge is 0.338 e. The Morgan fingerprint density at radius 2 is 2.00 bits per heavy atom. The van der Waals surface area contributed by atoms with E-state index in [1.165, 1.54) is 6.92 Å². The molecule has 0 unspecified atom stereocenters. The third kappa shape index (κ3) is 2.61. The van der Waals surface area contributed by atoms with Crippen LogP contribution in [-0.2, 0) is 10.7 Å². The summed E-state index contributed by atoms with van der Waals surface area (Å²) in [7, 11) is 1.07. The van der Waals surface area contributed by atoms with Crippen LogP contribution in [0.4, 0.5) is 14.5 Å². The highest BCUT2D eigenvalue weighted by Gasteiger charge is 2.30. The van der Waals surface area contributed by atoms with E-state index in [4.69, 9.17) is 0 Å². The number of nitrogens with zero attached hydrogens (tertiary/aromatic N) is 1. The van der Waals surface area contributed by atoms with Gasteiger partial charge in [-0.3, -0.25) is 10.1 Å². The van der Waals surface area contributed by atoms with E-state index in [0.29, 0.717) is 6.92 Å². The first-order chi connectivity index (χ1) is 8.18. The van der Waals surface area contributed by atoms with Gasteiger partial charge in [-0.1, -0.05) is 0 Å². The van der Waals surface area contributed by atoms with E-state index in [1.54, 1.807) is 0 Å². The molecule has 0 aliphatic carbocycles. The number of esters is 1. The number of alkyl halides is 2. The van der Waals surface area contributed by atoms with E-state index in [2.05, 4.69) is 4.74 Å². The SMILES string of the molecule is COC(=O)c1cc(C(C)(F)F)cc([N+](=O)[O-])c1C. The molecule has 0 atom stereocenters. The van der Waals surface area contributed by atoms with Crippen LogP contribution in [0.5, 0.6) is 0 Å². The molecule has 0 fully saturated rings. The third-order valence-corrected chi connectivity index (χ3v) is 2.49. The number of nitro benzene ring substituents is 1. The quantitative estimate of drug-likeness (QED) is 0.475. The van der Waals surface area contributed by atoms with Crippen LogP contribution in [0.3, 0.4) is 0 Å². The summed E-state index contributed by atoms with van der Waals surface area (Å²) in [5.41, 5.74) is -1.36. The molecule has 0 spiro atoms. The van der Waals surface area contributed by atoms with Crippen LogP contribution in [0.25, 0.3) is 0 Å². The van der Waals surface area contributed by atoms with Gasteiger partial charge >= 0.3 is 5.97 Å². The van der Waals surface area contributed by atoms with Gasteiger partial charge in [0.05, 0.1) is 17.6 Å². The fourth-order valence-electron chi connectivity index (χ4n) is 1.46. The second-order valence-corrected chi connectivity index (χ2v) is 3.80. The lowest BCUT2D eigenvalue weighted by molar-refractivity contribution is -0.385. The van der Waals surface area contributed by atoms with E-state index < -0.39 is 28.1 Å². The summed E-state index contributed by atoms with van der Waals surface area (Å²) in [6, 6.07) is 1.68. The van der Waals surface area contributed by atoms with Crippen molar-refractivity contribution in [3.63, 3.8) is 0 Å². The van der Waals surface area contributed by atoms with Crippen molar-refractivity contribution < 1.29 is 23.2 Å². The van der Waals surface area contributed by atoms with Crippen LogP contribution in [-0.4, -0.2) is 18.0 Å². The van der Waals surface area contributed by atoms with Crippen molar-refractivity contribution in [2.45, 2.75) is 19.8 Å². The summed E-state index contributed by atoms with van der Waals surface area (Å²) in [5.74, 6) is -4.16. The Balaban J connectivity index is 3.57. The van der Waals surface area contributed by atoms with Gasteiger partial charge in [-0.2, -0.15) is 0 Å². The Labute approximate surface area is 102 Å². The molecule has 0 saturated carbocycles. The van der Waals surface area contributed by atoms with Crippen LogP contribution in [0.1, 0.15) is 28.4 Å². The molecule has 0 aliphatic heterocycles. The summed E-state index contributed by atoms with van der Waals surface area (Å²) < 4.78 is 30.8. The molecule has 1 aromatic carbocycles. The molecule has 0 amide bonds. The molecule has 0 bridgehead atoms. The molecule has 0 radical (unpaired) electrons. The van der Waals surface area contributed by atoms with Crippen LogP contribution < -0.4 is 0 Å². The molecule has 0 heterocycles. The average molecular weight is 259 g/mol. The topological polar surface area (TPSA) is 69.4 Å². The largest absolute Gasteiger partial charge is 0.465 e. The molecule has 18 heavy (non-hydrogen) atoms. The van der Waals surface area contributed by atoms with E-state index in [1.807, 2.05) is 0 Å². The molecular formula is C11H11F2NO4. The van der Waals surface area contributed by atoms with Gasteiger partial charge in [0.2, 0.25) is 0 Å². The number of halogens is 2. The zero-order valence-corrected chi connectivity index (χ0v) is 9.99. The van der Waals surface area contributed by atoms with Gasteiger partial charge in [0.15, 0.2) is 0 Å². The molecule has 1 aromatic rings. The van der Waals surface area contributed by atoms with Gasteiger partial charge in [-0.05, 0) is 13.0 Å². The van der Waals surface area contributed by atoms with Crippen LogP contribution in [0.2, 0.25) is 0 Å². The van der Waals surface area contributed by atoms with Gasteiger partial charge in [-0.25, -0.2) is 13.6 Å². The standard InChI is InChI=1S/C11H11F2NO4/c1-6-8(10(15)18-3)4-7(11(2,12)13)5-9(6)14(16)17/h4-5H,1-3H3. The first-order valence-electron chi connectivity index (χ1n) is 4.94. The fraction of sp³-hybridized carbons (Fsp3) is 0.364. The maximum atomic E-state index is 13.2. The molecule has 7 heteroatoms. The lowest BCUT2D eigenvalue weighted by Crippen LogP contribution is -2.13. The monoisotopic (exact) mass is 259 g/mol. The maximum absolute atomic E-state index is 13.2. The van der Waals surface area contributed by atoms with Gasteiger partial charge < -0.3 is 4.74 Å². The van der Waals surface area contributed by atoms with Crippen molar-refractivity contribution in [2.24, 2.45) is 0 Å². The number of carbonyl (C=O) groups is 1. The zero-order chi connectivity index (χ0) is 14.1. The first kappa shape index (κ1) is 14.0. The molecule has 0 aromatic heterocycles. The van der Waals surface area contributed by atoms with Crippen molar-refractivity contribution in [3.05, 3.63) is 38.9 Å². The summed E-state index contributed by atoms with van der Waals surface area (Å²) in [6.45, 7) is 1.91. The number of nitro groups is 1. The molecule has 1 rings (SSSR count). The van der Waals surface area contributed by atoms with Gasteiger partial charge in [0, 0.05) is 24.1 Å². The minimum atomic E-state index is -3.28. The Kier molecular flexibility index (Phi) is 3.64. The average Bonchev–Trinajstić information content (AvgIpc) is 2.26. The minimum Gasteiger partial charge on any atom is -0.465 e. The third-order valence-electron chi connectivity index (χ3n) is 2.49. The van der Waals surface area contributed by atoms with Crippen molar-refractivity contribution in [1.29, 1.82) is 0 Å². The number of carbonyl (C=O) groups excluding carboxylic acids is 1. The van der Waals surface area contributed by atoms with E-state index in [9.17, 15) is 23.7 Å². The van der Waals surface area contributed by atoms with Crippen LogP contribution in [0, 0.1) is 17.0 Å². The Bertz CT molecular complexity index is 509. The van der Waals surface area contributed by atoms with Gasteiger partial charge in [0.1, 0.15) is 0 Å². The van der Waals surface area contributed by atoms with Crippen molar-refractivity contribution >= 4 is 11.7 Å². The summed E-state index contributed by atoms with van der Waals surface area (Å²) >= 11 is 0. The van der Waals surface area contributed by atoms with E-state index in [0.717, 1.165) is 19.2 Å². The summed E-state index contributed by atoms with van der Waals surface area (Å²) in [5, 5.41) is 10.8. The normalized spacial score (nSPS) is 11.2. The highest BCUT2D eigenvalue weighted by molar-refractivity contribution is 5.92. The van der Waals surface area contributed by atoms with Crippen molar-refractivity contribution in [3.8, 4) is 0 Å². The molecule has 0 saturated heterocycles. The number of ether oxygens (including phenoxy) is 1. The highest BCUT2D eigenvalue weighted by atomic mass is 19.3. The lowest BCUT2D eigenvalue weighted by atomic mass is 10.00. The lowest BCUT2D eigenvalue weighted by Gasteiger charge is -2.13. The number of hydrogen-bond acceptors (Lipinski definition) is 4. The van der Waals surface area contributed by atoms with Gasteiger partial charge in [-0.15, -0.1) is 0 Å². The number of rotatable bonds is 3. The highest BCUT2D eigenvalue weighted by Crippen LogP contribution is 2.33. The molecular weight excluding hydrogens is 248 g/mol. The number of hydrogen-bond donors (Lipinski definition) is 0. The van der Waals surface area contributed by atoms with Crippen molar-refractivity contribution in [1.82, 2.24) is 0 Å². The van der Waals surface area contributed by atoms with Crippen molar-refractivity contribution in [2.75, 3.05) is 7.11 Å². The predicted molar refractivity (Wildman–Crippen MR) is 58.7 cm³/mol. The second-order valence-electron chi connectivity index (χ2n) is 3.80. The fourth-order valence-corrected chi connectivity index (χ4v) is 1.46. The Morgan fingerprint density at radius 3 is 2.39 bits per heavy atom.